The van der Waals surface area contributed by atoms with Crippen LogP contribution in [0.5, 0.6) is 0 Å². The first-order valence-corrected chi connectivity index (χ1v) is 19.4. The molecular formula is C51H33N5O. The second-order valence-electron chi connectivity index (χ2n) is 14.8. The molecule has 10 aromatic rings. The second kappa shape index (κ2) is 12.5. The predicted molar refractivity (Wildman–Crippen MR) is 231 cm³/mol. The molecule has 2 aliphatic rings. The van der Waals surface area contributed by atoms with Crippen molar-refractivity contribution in [3.8, 4) is 39.6 Å². The summed E-state index contributed by atoms with van der Waals surface area (Å²) in [4.78, 5) is 18.2. The van der Waals surface area contributed by atoms with Crippen molar-refractivity contribution in [2.75, 3.05) is 4.90 Å². The summed E-state index contributed by atoms with van der Waals surface area (Å²) < 4.78 is 8.74. The SMILES string of the molecule is C1=CC2c3ccc4c(c3N(c3nc(-c5ccccc5)nc(-c5ccc6c(c5)oc5ccccc56)n3)C2C=C1)c1ccccc1n4-c1cccc(-c2ccccc2)c1. The zero-order valence-corrected chi connectivity index (χ0v) is 30.7. The fourth-order valence-corrected chi connectivity index (χ4v) is 9.02. The van der Waals surface area contributed by atoms with Crippen molar-refractivity contribution >= 4 is 55.4 Å². The Morgan fingerprint density at radius 2 is 1.18 bits per heavy atom. The molecule has 7 aromatic carbocycles. The highest BCUT2D eigenvalue weighted by Gasteiger charge is 2.41. The van der Waals surface area contributed by atoms with E-state index in [1.54, 1.807) is 0 Å². The van der Waals surface area contributed by atoms with Gasteiger partial charge in [-0.2, -0.15) is 9.97 Å². The van der Waals surface area contributed by atoms with E-state index in [4.69, 9.17) is 19.4 Å². The third-order valence-electron chi connectivity index (χ3n) is 11.6. The van der Waals surface area contributed by atoms with Crippen LogP contribution in [0.1, 0.15) is 11.5 Å². The number of benzene rings is 7. The van der Waals surface area contributed by atoms with Gasteiger partial charge in [0, 0.05) is 44.3 Å². The van der Waals surface area contributed by atoms with Gasteiger partial charge in [0.05, 0.1) is 22.8 Å². The summed E-state index contributed by atoms with van der Waals surface area (Å²) >= 11 is 0. The van der Waals surface area contributed by atoms with E-state index < -0.39 is 0 Å². The van der Waals surface area contributed by atoms with Crippen molar-refractivity contribution in [3.05, 3.63) is 194 Å². The van der Waals surface area contributed by atoms with Crippen LogP contribution in [0.15, 0.2) is 193 Å². The van der Waals surface area contributed by atoms with E-state index in [1.807, 2.05) is 36.4 Å². The fraction of sp³-hybridized carbons (Fsp3) is 0.0392. The highest BCUT2D eigenvalue weighted by molar-refractivity contribution is 6.17. The quantitative estimate of drug-likeness (QED) is 0.176. The molecule has 0 saturated heterocycles. The molecule has 0 N–H and O–H groups in total. The third-order valence-corrected chi connectivity index (χ3v) is 11.6. The van der Waals surface area contributed by atoms with Crippen LogP contribution in [0.3, 0.4) is 0 Å². The van der Waals surface area contributed by atoms with Gasteiger partial charge in [-0.05, 0) is 59.2 Å². The number of fused-ring (bicyclic) bond motifs is 10. The maximum absolute atomic E-state index is 6.34. The fourth-order valence-electron chi connectivity index (χ4n) is 9.02. The number of hydrogen-bond acceptors (Lipinski definition) is 5. The molecule has 6 nitrogen and oxygen atoms in total. The first-order chi connectivity index (χ1) is 28.3. The summed E-state index contributed by atoms with van der Waals surface area (Å²) in [5, 5.41) is 4.51. The zero-order chi connectivity index (χ0) is 37.5. The summed E-state index contributed by atoms with van der Waals surface area (Å²) in [5.74, 6) is 1.93. The monoisotopic (exact) mass is 731 g/mol. The molecule has 2 unspecified atom stereocenters. The summed E-state index contributed by atoms with van der Waals surface area (Å²) in [6, 6.07) is 57.4. The van der Waals surface area contributed by atoms with Crippen molar-refractivity contribution in [1.82, 2.24) is 19.5 Å². The molecule has 0 fully saturated rings. The van der Waals surface area contributed by atoms with Crippen LogP contribution in [0.2, 0.25) is 0 Å². The van der Waals surface area contributed by atoms with Crippen LogP contribution in [0.25, 0.3) is 83.3 Å². The van der Waals surface area contributed by atoms with Crippen LogP contribution in [0.4, 0.5) is 11.6 Å². The van der Waals surface area contributed by atoms with Gasteiger partial charge in [-0.1, -0.05) is 146 Å². The van der Waals surface area contributed by atoms with Gasteiger partial charge in [0.25, 0.3) is 0 Å². The normalized spacial score (nSPS) is 15.9. The van der Waals surface area contributed by atoms with Crippen molar-refractivity contribution in [1.29, 1.82) is 0 Å². The average molecular weight is 732 g/mol. The van der Waals surface area contributed by atoms with Gasteiger partial charge in [0.2, 0.25) is 5.95 Å². The Kier molecular flexibility index (Phi) is 6.95. The lowest BCUT2D eigenvalue weighted by molar-refractivity contribution is 0.669. The standard InChI is InChI=1S/C51H33N5O/c1-3-14-32(15-4-1)34-18-13-19-36(30-34)55-43-24-11-8-22-41(43)47-44(55)29-28-40-37-20-7-10-23-42(37)56(48(40)47)51-53-49(33-16-5-2-6-17-33)52-50(54-51)35-26-27-39-38-21-9-12-25-45(38)57-46(39)31-35/h1-31,37,42H. The number of para-hydroxylation sites is 2. The van der Waals surface area contributed by atoms with Gasteiger partial charge >= 0.3 is 0 Å². The van der Waals surface area contributed by atoms with Gasteiger partial charge in [-0.15, -0.1) is 0 Å². The van der Waals surface area contributed by atoms with Gasteiger partial charge in [0.15, 0.2) is 11.6 Å². The van der Waals surface area contributed by atoms with Gasteiger partial charge in [-0.3, -0.25) is 0 Å². The number of nitrogens with zero attached hydrogens (tertiary/aromatic N) is 5. The van der Waals surface area contributed by atoms with Gasteiger partial charge < -0.3 is 13.9 Å². The molecule has 6 heteroatoms. The maximum Gasteiger partial charge on any atom is 0.234 e. The van der Waals surface area contributed by atoms with Gasteiger partial charge in [-0.25, -0.2) is 4.98 Å². The number of hydrogen-bond donors (Lipinski definition) is 0. The van der Waals surface area contributed by atoms with Crippen molar-refractivity contribution in [3.63, 3.8) is 0 Å². The Bertz CT molecular complexity index is 3270. The minimum Gasteiger partial charge on any atom is -0.456 e. The Hall–Kier alpha value is -7.57. The van der Waals surface area contributed by atoms with E-state index in [0.29, 0.717) is 17.6 Å². The molecule has 12 rings (SSSR count). The van der Waals surface area contributed by atoms with E-state index in [1.165, 1.54) is 27.5 Å². The van der Waals surface area contributed by atoms with Gasteiger partial charge in [0.1, 0.15) is 11.2 Å². The zero-order valence-electron chi connectivity index (χ0n) is 30.7. The predicted octanol–water partition coefficient (Wildman–Crippen LogP) is 12.6. The maximum atomic E-state index is 6.34. The number of furan rings is 1. The molecule has 4 heterocycles. The van der Waals surface area contributed by atoms with Crippen LogP contribution < -0.4 is 4.90 Å². The van der Waals surface area contributed by atoms with E-state index in [2.05, 4.69) is 161 Å². The smallest absolute Gasteiger partial charge is 0.234 e. The second-order valence-corrected chi connectivity index (χ2v) is 14.8. The lowest BCUT2D eigenvalue weighted by atomic mass is 9.91. The number of aromatic nitrogens is 4. The van der Waals surface area contributed by atoms with E-state index in [-0.39, 0.29) is 12.0 Å². The molecule has 57 heavy (non-hydrogen) atoms. The van der Waals surface area contributed by atoms with Crippen LogP contribution >= 0.6 is 0 Å². The molecule has 0 amide bonds. The minimum atomic E-state index is -0.0316. The Morgan fingerprint density at radius 1 is 0.474 bits per heavy atom. The lowest BCUT2D eigenvalue weighted by Gasteiger charge is -2.27. The van der Waals surface area contributed by atoms with Crippen molar-refractivity contribution < 1.29 is 4.42 Å². The van der Waals surface area contributed by atoms with E-state index in [9.17, 15) is 0 Å². The number of rotatable bonds is 5. The summed E-state index contributed by atoms with van der Waals surface area (Å²) in [5.41, 5.74) is 11.6. The van der Waals surface area contributed by atoms with Crippen LogP contribution in [-0.4, -0.2) is 25.6 Å². The molecule has 0 bridgehead atoms. The Labute approximate surface area is 328 Å². The average Bonchev–Trinajstić information content (AvgIpc) is 3.94. The number of anilines is 2. The van der Waals surface area contributed by atoms with E-state index >= 15 is 0 Å². The van der Waals surface area contributed by atoms with E-state index in [0.717, 1.165) is 55.5 Å². The first-order valence-electron chi connectivity index (χ1n) is 19.4. The summed E-state index contributed by atoms with van der Waals surface area (Å²) in [6.07, 6.45) is 8.90. The van der Waals surface area contributed by atoms with Crippen LogP contribution in [-0.2, 0) is 0 Å². The lowest BCUT2D eigenvalue weighted by Crippen LogP contribution is -2.30. The molecule has 1 aliphatic carbocycles. The molecule has 0 spiro atoms. The molecule has 3 aromatic heterocycles. The topological polar surface area (TPSA) is 60.0 Å². The Balaban J connectivity index is 1.10. The highest BCUT2D eigenvalue weighted by Crippen LogP contribution is 2.52. The molecule has 2 atom stereocenters. The molecule has 1 aliphatic heterocycles. The molecule has 268 valence electrons. The highest BCUT2D eigenvalue weighted by atomic mass is 16.3. The third kappa shape index (κ3) is 4.94. The van der Waals surface area contributed by atoms with Crippen molar-refractivity contribution in [2.45, 2.75) is 12.0 Å². The van der Waals surface area contributed by atoms with Crippen molar-refractivity contribution in [2.24, 2.45) is 0 Å². The summed E-state index contributed by atoms with van der Waals surface area (Å²) in [7, 11) is 0. The van der Waals surface area contributed by atoms with Crippen LogP contribution in [0, 0.1) is 0 Å². The summed E-state index contributed by atoms with van der Waals surface area (Å²) in [6.45, 7) is 0. The Morgan fingerprint density at radius 3 is 2.04 bits per heavy atom. The number of allylic oxidation sites excluding steroid dienone is 2. The molecular weight excluding hydrogens is 699 g/mol. The molecule has 0 saturated carbocycles. The first kappa shape index (κ1) is 31.7. The minimum absolute atomic E-state index is 0.0316. The molecule has 0 radical (unpaired) electrons. The largest absolute Gasteiger partial charge is 0.456 e.